The number of rotatable bonds is 7. The van der Waals surface area contributed by atoms with Crippen molar-refractivity contribution >= 4 is 17.4 Å². The first-order chi connectivity index (χ1) is 9.58. The van der Waals surface area contributed by atoms with Gasteiger partial charge in [-0.05, 0) is 39.4 Å². The monoisotopic (exact) mass is 294 g/mol. The van der Waals surface area contributed by atoms with E-state index in [0.717, 1.165) is 13.0 Å². The van der Waals surface area contributed by atoms with E-state index in [-0.39, 0.29) is 12.1 Å². The number of hydrogen-bond donors (Lipinski definition) is 2. The summed E-state index contributed by atoms with van der Waals surface area (Å²) in [5, 5.41) is 14.6. The summed E-state index contributed by atoms with van der Waals surface area (Å²) in [7, 11) is 0. The number of anilines is 1. The van der Waals surface area contributed by atoms with Gasteiger partial charge in [-0.2, -0.15) is 0 Å². The Morgan fingerprint density at radius 2 is 2.10 bits per heavy atom. The van der Waals surface area contributed by atoms with Gasteiger partial charge in [-0.15, -0.1) is 16.4 Å². The Hall–Kier alpha value is -1.40. The molecule has 2 aromatic rings. The van der Waals surface area contributed by atoms with Crippen molar-refractivity contribution in [2.45, 2.75) is 46.2 Å². The van der Waals surface area contributed by atoms with Gasteiger partial charge in [-0.25, -0.2) is 0 Å². The van der Waals surface area contributed by atoms with Crippen LogP contribution in [0.1, 0.15) is 42.5 Å². The Bertz CT molecular complexity index is 537. The van der Waals surface area contributed by atoms with Crippen molar-refractivity contribution < 1.29 is 4.42 Å². The van der Waals surface area contributed by atoms with E-state index in [2.05, 4.69) is 53.7 Å². The lowest BCUT2D eigenvalue weighted by Gasteiger charge is -2.10. The van der Waals surface area contributed by atoms with Gasteiger partial charge in [-0.1, -0.05) is 12.0 Å². The molecule has 0 bridgehead atoms. The molecule has 5 nitrogen and oxygen atoms in total. The van der Waals surface area contributed by atoms with Gasteiger partial charge in [0.25, 0.3) is 0 Å². The summed E-state index contributed by atoms with van der Waals surface area (Å²) < 4.78 is 5.62. The van der Waals surface area contributed by atoms with Crippen LogP contribution in [0.15, 0.2) is 16.5 Å². The standard InChI is InChI=1S/C14H22N4OS/c1-5-15-11(4)13-17-18-14(19-13)16-9(2)8-12-7-6-10(3)20-12/h6-7,9,11,15H,5,8H2,1-4H3,(H,16,18). The van der Waals surface area contributed by atoms with E-state index in [1.807, 2.05) is 18.3 Å². The molecule has 2 aromatic heterocycles. The van der Waals surface area contributed by atoms with Crippen molar-refractivity contribution in [3.8, 4) is 0 Å². The summed E-state index contributed by atoms with van der Waals surface area (Å²) in [6, 6.07) is 5.15. The molecular formula is C14H22N4OS. The third-order valence-corrected chi connectivity index (χ3v) is 4.02. The Morgan fingerprint density at radius 3 is 2.75 bits per heavy atom. The summed E-state index contributed by atoms with van der Waals surface area (Å²) in [5.41, 5.74) is 0. The summed E-state index contributed by atoms with van der Waals surface area (Å²) in [6.07, 6.45) is 0.957. The third-order valence-electron chi connectivity index (χ3n) is 2.99. The molecular weight excluding hydrogens is 272 g/mol. The van der Waals surface area contributed by atoms with Gasteiger partial charge in [-0.3, -0.25) is 0 Å². The van der Waals surface area contributed by atoms with Crippen LogP contribution in [0.25, 0.3) is 0 Å². The first-order valence-electron chi connectivity index (χ1n) is 6.97. The highest BCUT2D eigenvalue weighted by Gasteiger charge is 2.14. The zero-order valence-corrected chi connectivity index (χ0v) is 13.3. The van der Waals surface area contributed by atoms with Gasteiger partial charge in [0.2, 0.25) is 5.89 Å². The average Bonchev–Trinajstić information content (AvgIpc) is 2.99. The van der Waals surface area contributed by atoms with E-state index in [0.29, 0.717) is 11.9 Å². The molecule has 0 spiro atoms. The van der Waals surface area contributed by atoms with Gasteiger partial charge in [0, 0.05) is 22.2 Å². The predicted octanol–water partition coefficient (Wildman–Crippen LogP) is 3.15. The maximum absolute atomic E-state index is 5.62. The molecule has 0 aromatic carbocycles. The lowest BCUT2D eigenvalue weighted by Crippen LogP contribution is -2.18. The number of nitrogens with one attached hydrogen (secondary N) is 2. The van der Waals surface area contributed by atoms with Crippen molar-refractivity contribution in [2.24, 2.45) is 0 Å². The molecule has 6 heteroatoms. The fraction of sp³-hybridized carbons (Fsp3) is 0.571. The fourth-order valence-electron chi connectivity index (χ4n) is 2.02. The molecule has 2 unspecified atom stereocenters. The Morgan fingerprint density at radius 1 is 1.30 bits per heavy atom. The molecule has 2 heterocycles. The van der Waals surface area contributed by atoms with E-state index in [9.17, 15) is 0 Å². The number of hydrogen-bond acceptors (Lipinski definition) is 6. The highest BCUT2D eigenvalue weighted by Crippen LogP contribution is 2.19. The molecule has 2 N–H and O–H groups in total. The van der Waals surface area contributed by atoms with E-state index in [1.165, 1.54) is 9.75 Å². The maximum Gasteiger partial charge on any atom is 0.315 e. The van der Waals surface area contributed by atoms with Gasteiger partial charge < -0.3 is 15.1 Å². The second kappa shape index (κ2) is 6.85. The van der Waals surface area contributed by atoms with Gasteiger partial charge in [0.15, 0.2) is 0 Å². The lowest BCUT2D eigenvalue weighted by molar-refractivity contribution is 0.427. The summed E-state index contributed by atoms with van der Waals surface area (Å²) in [6.45, 7) is 9.18. The molecule has 0 aliphatic rings. The molecule has 0 radical (unpaired) electrons. The van der Waals surface area contributed by atoms with Crippen LogP contribution in [-0.2, 0) is 6.42 Å². The Kier molecular flexibility index (Phi) is 5.14. The van der Waals surface area contributed by atoms with E-state index in [1.54, 1.807) is 0 Å². The summed E-state index contributed by atoms with van der Waals surface area (Å²) in [4.78, 5) is 2.70. The summed E-state index contributed by atoms with van der Waals surface area (Å²) in [5.74, 6) is 0.619. The molecule has 0 aliphatic carbocycles. The topological polar surface area (TPSA) is 63.0 Å². The van der Waals surface area contributed by atoms with Gasteiger partial charge in [0.05, 0.1) is 6.04 Å². The van der Waals surface area contributed by atoms with Crippen LogP contribution in [0.3, 0.4) is 0 Å². The molecule has 0 aliphatic heterocycles. The first-order valence-corrected chi connectivity index (χ1v) is 7.78. The van der Waals surface area contributed by atoms with Crippen LogP contribution >= 0.6 is 11.3 Å². The highest BCUT2D eigenvalue weighted by atomic mass is 32.1. The van der Waals surface area contributed by atoms with Crippen LogP contribution in [0, 0.1) is 6.92 Å². The first kappa shape index (κ1) is 15.0. The number of aryl methyl sites for hydroxylation is 1. The fourth-order valence-corrected chi connectivity index (χ4v) is 3.04. The van der Waals surface area contributed by atoms with Crippen LogP contribution in [-0.4, -0.2) is 22.8 Å². The third kappa shape index (κ3) is 4.05. The minimum Gasteiger partial charge on any atom is -0.406 e. The van der Waals surface area contributed by atoms with Gasteiger partial charge >= 0.3 is 6.01 Å². The lowest BCUT2D eigenvalue weighted by atomic mass is 10.2. The average molecular weight is 294 g/mol. The highest BCUT2D eigenvalue weighted by molar-refractivity contribution is 7.11. The maximum atomic E-state index is 5.62. The predicted molar refractivity (Wildman–Crippen MR) is 82.2 cm³/mol. The number of nitrogens with zero attached hydrogens (tertiary/aromatic N) is 2. The molecule has 2 atom stereocenters. The number of aromatic nitrogens is 2. The molecule has 110 valence electrons. The van der Waals surface area contributed by atoms with Crippen molar-refractivity contribution in [1.82, 2.24) is 15.5 Å². The van der Waals surface area contributed by atoms with E-state index >= 15 is 0 Å². The van der Waals surface area contributed by atoms with Crippen molar-refractivity contribution in [3.63, 3.8) is 0 Å². The van der Waals surface area contributed by atoms with Crippen molar-refractivity contribution in [3.05, 3.63) is 27.8 Å². The van der Waals surface area contributed by atoms with Crippen molar-refractivity contribution in [2.75, 3.05) is 11.9 Å². The smallest absolute Gasteiger partial charge is 0.315 e. The molecule has 20 heavy (non-hydrogen) atoms. The Labute approximate surface area is 123 Å². The second-order valence-electron chi connectivity index (χ2n) is 4.99. The van der Waals surface area contributed by atoms with Crippen molar-refractivity contribution in [1.29, 1.82) is 0 Å². The quantitative estimate of drug-likeness (QED) is 0.821. The number of thiophene rings is 1. The molecule has 2 rings (SSSR count). The normalized spacial score (nSPS) is 14.2. The van der Waals surface area contributed by atoms with E-state index in [4.69, 9.17) is 4.42 Å². The minimum absolute atomic E-state index is 0.0818. The van der Waals surface area contributed by atoms with E-state index < -0.39 is 0 Å². The Balaban J connectivity index is 1.89. The zero-order valence-electron chi connectivity index (χ0n) is 12.4. The minimum atomic E-state index is 0.0818. The largest absolute Gasteiger partial charge is 0.406 e. The molecule has 0 amide bonds. The van der Waals surface area contributed by atoms with Crippen LogP contribution in [0.5, 0.6) is 0 Å². The molecule has 0 saturated carbocycles. The van der Waals surface area contributed by atoms with Crippen LogP contribution in [0.4, 0.5) is 6.01 Å². The zero-order chi connectivity index (χ0) is 14.5. The van der Waals surface area contributed by atoms with Crippen LogP contribution < -0.4 is 10.6 Å². The molecule has 0 fully saturated rings. The SMILES string of the molecule is CCNC(C)c1nnc(NC(C)Cc2ccc(C)s2)o1. The van der Waals surface area contributed by atoms with Gasteiger partial charge in [0.1, 0.15) is 0 Å². The summed E-state index contributed by atoms with van der Waals surface area (Å²) >= 11 is 1.83. The molecule has 0 saturated heterocycles. The van der Waals surface area contributed by atoms with Crippen LogP contribution in [0.2, 0.25) is 0 Å². The second-order valence-corrected chi connectivity index (χ2v) is 6.36.